The van der Waals surface area contributed by atoms with Gasteiger partial charge >= 0.3 is 5.97 Å². The molecule has 4 aliphatic carbocycles. The van der Waals surface area contributed by atoms with Gasteiger partial charge in [0.15, 0.2) is 16.6 Å². The lowest BCUT2D eigenvalue weighted by atomic mass is 9.45. The summed E-state index contributed by atoms with van der Waals surface area (Å²) < 4.78 is 54.0. The van der Waals surface area contributed by atoms with E-state index in [2.05, 4.69) is 4.74 Å². The zero-order valence-corrected chi connectivity index (χ0v) is 22.6. The maximum atomic E-state index is 16.9. The number of ether oxygens (including phenoxy) is 1. The van der Waals surface area contributed by atoms with Crippen LogP contribution in [0.1, 0.15) is 50.6 Å². The van der Waals surface area contributed by atoms with Gasteiger partial charge in [0, 0.05) is 17.3 Å². The fraction of sp³-hybridized carbons (Fsp3) is 0.607. The van der Waals surface area contributed by atoms with Gasteiger partial charge in [0.05, 0.1) is 19.5 Å². The number of furan rings is 1. The molecule has 0 spiro atoms. The van der Waals surface area contributed by atoms with Crippen LogP contribution < -0.4 is 0 Å². The van der Waals surface area contributed by atoms with E-state index in [0.29, 0.717) is 18.2 Å². The van der Waals surface area contributed by atoms with E-state index in [1.165, 1.54) is 31.6 Å². The van der Waals surface area contributed by atoms with Crippen molar-refractivity contribution in [3.63, 3.8) is 0 Å². The van der Waals surface area contributed by atoms with Gasteiger partial charge in [-0.3, -0.25) is 9.59 Å². The molecular formula is C28H33F3O6S. The van der Waals surface area contributed by atoms with Crippen molar-refractivity contribution >= 4 is 28.6 Å². The van der Waals surface area contributed by atoms with Crippen LogP contribution in [0.4, 0.5) is 13.2 Å². The van der Waals surface area contributed by atoms with Crippen molar-refractivity contribution in [1.29, 1.82) is 0 Å². The molecule has 1 heterocycles. The van der Waals surface area contributed by atoms with Crippen LogP contribution in [0.5, 0.6) is 0 Å². The molecule has 5 rings (SSSR count). The molecule has 0 amide bonds. The lowest BCUT2D eigenvalue weighted by molar-refractivity contribution is -0.201. The summed E-state index contributed by atoms with van der Waals surface area (Å²) in [5.41, 5.74) is -4.17. The summed E-state index contributed by atoms with van der Waals surface area (Å²) in [5.74, 6) is -2.28. The Morgan fingerprint density at radius 2 is 1.97 bits per heavy atom. The largest absolute Gasteiger partial charge is 0.463 e. The minimum atomic E-state index is -2.13. The van der Waals surface area contributed by atoms with Crippen molar-refractivity contribution in [3.8, 4) is 0 Å². The molecule has 4 unspecified atom stereocenters. The number of aliphatic hydroxyl groups excluding tert-OH is 1. The average molecular weight is 555 g/mol. The fourth-order valence-electron chi connectivity index (χ4n) is 7.71. The predicted molar refractivity (Wildman–Crippen MR) is 135 cm³/mol. The summed E-state index contributed by atoms with van der Waals surface area (Å²) >= 11 is 0.622. The monoisotopic (exact) mass is 554 g/mol. The number of ketones is 1. The molecule has 38 heavy (non-hydrogen) atoms. The van der Waals surface area contributed by atoms with E-state index in [9.17, 15) is 23.9 Å². The zero-order valence-electron chi connectivity index (χ0n) is 21.8. The quantitative estimate of drug-likeness (QED) is 0.499. The van der Waals surface area contributed by atoms with Gasteiger partial charge in [-0.2, -0.15) is 0 Å². The van der Waals surface area contributed by atoms with Crippen LogP contribution in [0.15, 0.2) is 46.6 Å². The Morgan fingerprint density at radius 3 is 2.58 bits per heavy atom. The van der Waals surface area contributed by atoms with Gasteiger partial charge in [-0.05, 0) is 73.3 Å². The maximum Gasteiger partial charge on any atom is 0.373 e. The van der Waals surface area contributed by atoms with Crippen LogP contribution >= 0.6 is 11.8 Å². The maximum absolute atomic E-state index is 16.9. The molecule has 1 aromatic heterocycles. The summed E-state index contributed by atoms with van der Waals surface area (Å²) in [5, 5.41) is 10.8. The van der Waals surface area contributed by atoms with Crippen molar-refractivity contribution in [1.82, 2.24) is 0 Å². The highest BCUT2D eigenvalue weighted by Crippen LogP contribution is 2.70. The van der Waals surface area contributed by atoms with E-state index in [0.717, 1.165) is 0 Å². The predicted octanol–water partition coefficient (Wildman–Crippen LogP) is 5.42. The molecule has 0 aromatic carbocycles. The van der Waals surface area contributed by atoms with E-state index in [-0.39, 0.29) is 46.9 Å². The van der Waals surface area contributed by atoms with Gasteiger partial charge in [0.2, 0.25) is 5.76 Å². The molecule has 0 aliphatic heterocycles. The third-order valence-electron chi connectivity index (χ3n) is 9.33. The second-order valence-corrected chi connectivity index (χ2v) is 12.1. The van der Waals surface area contributed by atoms with E-state index < -0.39 is 52.6 Å². The lowest BCUT2D eigenvalue weighted by Gasteiger charge is -2.62. The summed E-state index contributed by atoms with van der Waals surface area (Å²) in [6, 6.07) is 2.36. The van der Waals surface area contributed by atoms with Gasteiger partial charge < -0.3 is 14.3 Å². The molecule has 1 N–H and O–H groups in total. The first-order valence-electron chi connectivity index (χ1n) is 12.7. The zero-order chi connectivity index (χ0) is 28.0. The first-order valence-corrected chi connectivity index (χ1v) is 13.6. The van der Waals surface area contributed by atoms with Crippen molar-refractivity contribution in [2.75, 3.05) is 13.1 Å². The first kappa shape index (κ1) is 28.7. The number of halogens is 3. The fourth-order valence-corrected chi connectivity index (χ4v) is 8.50. The first-order chi connectivity index (χ1) is 17.8. The van der Waals surface area contributed by atoms with Crippen LogP contribution in [0.2, 0.25) is 0 Å². The van der Waals surface area contributed by atoms with Gasteiger partial charge in [-0.1, -0.05) is 31.7 Å². The van der Waals surface area contributed by atoms with Crippen molar-refractivity contribution in [2.24, 2.45) is 34.5 Å². The number of alkyl halides is 3. The topological polar surface area (TPSA) is 93.8 Å². The van der Waals surface area contributed by atoms with E-state index in [4.69, 9.17) is 4.42 Å². The smallest absolute Gasteiger partial charge is 0.373 e. The molecule has 4 aliphatic rings. The van der Waals surface area contributed by atoms with Gasteiger partial charge in [-0.25, -0.2) is 18.0 Å². The molecule has 9 atom stereocenters. The van der Waals surface area contributed by atoms with Crippen LogP contribution in [-0.4, -0.2) is 53.0 Å². The number of fused-ring (bicyclic) bond motifs is 5. The molecule has 3 fully saturated rings. The summed E-state index contributed by atoms with van der Waals surface area (Å²) in [6.45, 7) is 5.33. The number of methoxy groups -OCH3 is 1. The van der Waals surface area contributed by atoms with Crippen LogP contribution in [0.25, 0.3) is 0 Å². The third kappa shape index (κ3) is 4.28. The highest BCUT2D eigenvalue weighted by atomic mass is 32.2. The van der Waals surface area contributed by atoms with Crippen LogP contribution in [-0.2, 0) is 14.3 Å². The summed E-state index contributed by atoms with van der Waals surface area (Å²) in [6.07, 6.45) is 2.83. The SMILES string of the molecule is COC(=O)c1ccco1.C[C@@H]1CC2C3C[C@H](F)C4=CC(=O)C=C[C@]4(C)[C@@]3(F)[C@@H](O)CC2(C)C1C(=O)SCF. The number of hydrogen-bond acceptors (Lipinski definition) is 7. The average Bonchev–Trinajstić information content (AvgIpc) is 3.49. The van der Waals surface area contributed by atoms with Crippen molar-refractivity contribution < 1.29 is 41.8 Å². The highest BCUT2D eigenvalue weighted by molar-refractivity contribution is 8.13. The Hall–Kier alpha value is -2.33. The number of hydrogen-bond donors (Lipinski definition) is 1. The van der Waals surface area contributed by atoms with E-state index in [1.807, 2.05) is 13.8 Å². The molecule has 1 aromatic rings. The number of aliphatic hydroxyl groups is 1. The van der Waals surface area contributed by atoms with Crippen LogP contribution in [0, 0.1) is 34.5 Å². The Morgan fingerprint density at radius 1 is 1.26 bits per heavy atom. The molecule has 208 valence electrons. The molecule has 10 heteroatoms. The number of carbonyl (C=O) groups is 3. The van der Waals surface area contributed by atoms with Gasteiger partial charge in [-0.15, -0.1) is 0 Å². The van der Waals surface area contributed by atoms with Gasteiger partial charge in [0.1, 0.15) is 12.2 Å². The number of allylic oxidation sites excluding steroid dienone is 4. The molecule has 0 saturated heterocycles. The number of carbonyl (C=O) groups excluding carboxylic acids is 3. The Bertz CT molecular complexity index is 1150. The third-order valence-corrected chi connectivity index (χ3v) is 9.97. The number of rotatable bonds is 3. The standard InChI is InChI=1S/C22H27F3O3S.C6H6O3/c1-11-6-13-14-8-16(24)15-7-12(26)4-5-21(15,3)22(14,25)17(27)9-20(13,2)18(11)19(28)29-10-23;1-8-6(7)5-3-2-4-9-5/h4-5,7,11,13-14,16-18,27H,6,8-10H2,1-3H3;2-4H,1H3/t11-,13?,14?,16+,17+,18?,20?,21+,22+;/m1./s1. The second kappa shape index (κ2) is 10.3. The molecule has 0 radical (unpaired) electrons. The minimum absolute atomic E-state index is 0.0554. The lowest BCUT2D eigenvalue weighted by Crippen LogP contribution is -2.68. The molecular weight excluding hydrogens is 521 g/mol. The molecule has 0 bridgehead atoms. The number of esters is 1. The normalized spacial score (nSPS) is 41.2. The Balaban J connectivity index is 0.000000317. The van der Waals surface area contributed by atoms with Crippen molar-refractivity contribution in [2.45, 2.75) is 58.0 Å². The second-order valence-electron chi connectivity index (χ2n) is 11.2. The van der Waals surface area contributed by atoms with Crippen molar-refractivity contribution in [3.05, 3.63) is 48.0 Å². The minimum Gasteiger partial charge on any atom is -0.463 e. The van der Waals surface area contributed by atoms with E-state index in [1.54, 1.807) is 19.1 Å². The molecule has 6 nitrogen and oxygen atoms in total. The summed E-state index contributed by atoms with van der Waals surface area (Å²) in [7, 11) is 1.31. The van der Waals surface area contributed by atoms with Gasteiger partial charge in [0.25, 0.3) is 0 Å². The Labute approximate surface area is 224 Å². The Kier molecular flexibility index (Phi) is 7.80. The molecule has 3 saturated carbocycles. The van der Waals surface area contributed by atoms with E-state index >= 15 is 8.78 Å². The van der Waals surface area contributed by atoms with Crippen LogP contribution in [0.3, 0.4) is 0 Å². The summed E-state index contributed by atoms with van der Waals surface area (Å²) in [4.78, 5) is 35.1. The highest BCUT2D eigenvalue weighted by Gasteiger charge is 2.73. The number of thioether (sulfide) groups is 1.